The van der Waals surface area contributed by atoms with Crippen LogP contribution in [-0.4, -0.2) is 53.3 Å². The maximum absolute atomic E-state index is 12.2. The Hall–Kier alpha value is -1.17. The number of amides is 2. The first kappa shape index (κ1) is 13.9. The summed E-state index contributed by atoms with van der Waals surface area (Å²) in [5, 5.41) is 0. The number of carbonyl (C=O) groups excluding carboxylic acids is 2. The van der Waals surface area contributed by atoms with Gasteiger partial charge in [0.05, 0.1) is 17.5 Å². The van der Waals surface area contributed by atoms with Crippen LogP contribution in [0.5, 0.6) is 0 Å². The van der Waals surface area contributed by atoms with E-state index in [1.807, 2.05) is 6.92 Å². The van der Waals surface area contributed by atoms with Crippen LogP contribution >= 0.6 is 12.2 Å². The number of likely N-dealkylation sites (N-methyl/N-ethyl adjacent to an activating group) is 1. The number of piperazine rings is 1. The molecule has 1 fully saturated rings. The van der Waals surface area contributed by atoms with E-state index in [2.05, 4.69) is 0 Å². The Balaban J connectivity index is 2.68. The molecule has 0 radical (unpaired) electrons. The quantitative estimate of drug-likeness (QED) is 0.719. The van der Waals surface area contributed by atoms with Gasteiger partial charge >= 0.3 is 0 Å². The minimum Gasteiger partial charge on any atom is -0.393 e. The largest absolute Gasteiger partial charge is 0.393 e. The lowest BCUT2D eigenvalue weighted by molar-refractivity contribution is -0.145. The van der Waals surface area contributed by atoms with Gasteiger partial charge in [-0.05, 0) is 6.42 Å². The summed E-state index contributed by atoms with van der Waals surface area (Å²) in [4.78, 5) is 27.1. The summed E-state index contributed by atoms with van der Waals surface area (Å²) >= 11 is 4.92. The van der Waals surface area contributed by atoms with Gasteiger partial charge in [0.2, 0.25) is 11.8 Å². The molecular formula is C11H19N3O2S. The molecule has 1 aliphatic rings. The SMILES string of the molecule is CCCC(C(=O)N1CCN(C)C(=O)C1)C(N)=S. The molecule has 17 heavy (non-hydrogen) atoms. The van der Waals surface area contributed by atoms with Crippen molar-refractivity contribution >= 4 is 29.0 Å². The minimum atomic E-state index is -0.425. The number of hydrogen-bond donors (Lipinski definition) is 1. The fourth-order valence-electron chi connectivity index (χ4n) is 1.84. The first-order valence-corrected chi connectivity index (χ1v) is 6.20. The molecule has 1 heterocycles. The Morgan fingerprint density at radius 3 is 2.65 bits per heavy atom. The second-order valence-electron chi connectivity index (χ2n) is 4.32. The first-order valence-electron chi connectivity index (χ1n) is 5.79. The third-order valence-corrected chi connectivity index (χ3v) is 3.27. The van der Waals surface area contributed by atoms with Crippen molar-refractivity contribution in [3.05, 3.63) is 0 Å². The van der Waals surface area contributed by atoms with Crippen molar-refractivity contribution in [2.45, 2.75) is 19.8 Å². The van der Waals surface area contributed by atoms with Crippen LogP contribution in [0.3, 0.4) is 0 Å². The summed E-state index contributed by atoms with van der Waals surface area (Å²) in [6, 6.07) is 0. The average Bonchev–Trinajstić information content (AvgIpc) is 2.28. The summed E-state index contributed by atoms with van der Waals surface area (Å²) < 4.78 is 0. The number of nitrogens with two attached hydrogens (primary N) is 1. The molecule has 0 aliphatic carbocycles. The van der Waals surface area contributed by atoms with Crippen molar-refractivity contribution < 1.29 is 9.59 Å². The second-order valence-corrected chi connectivity index (χ2v) is 4.79. The summed E-state index contributed by atoms with van der Waals surface area (Å²) in [6.07, 6.45) is 1.49. The van der Waals surface area contributed by atoms with Crippen LogP contribution < -0.4 is 5.73 Å². The zero-order chi connectivity index (χ0) is 13.0. The van der Waals surface area contributed by atoms with Gasteiger partial charge in [0, 0.05) is 20.1 Å². The van der Waals surface area contributed by atoms with Crippen molar-refractivity contribution in [3.63, 3.8) is 0 Å². The van der Waals surface area contributed by atoms with E-state index < -0.39 is 5.92 Å². The highest BCUT2D eigenvalue weighted by Crippen LogP contribution is 2.13. The Labute approximate surface area is 107 Å². The van der Waals surface area contributed by atoms with Crippen LogP contribution in [-0.2, 0) is 9.59 Å². The molecule has 0 saturated carbocycles. The van der Waals surface area contributed by atoms with E-state index in [-0.39, 0.29) is 23.3 Å². The summed E-state index contributed by atoms with van der Waals surface area (Å²) in [6.45, 7) is 3.25. The number of nitrogens with zero attached hydrogens (tertiary/aromatic N) is 2. The van der Waals surface area contributed by atoms with Crippen molar-refractivity contribution in [2.24, 2.45) is 11.7 Å². The monoisotopic (exact) mass is 257 g/mol. The van der Waals surface area contributed by atoms with Crippen molar-refractivity contribution in [1.29, 1.82) is 0 Å². The molecule has 0 bridgehead atoms. The van der Waals surface area contributed by atoms with Gasteiger partial charge in [0.15, 0.2) is 0 Å². The van der Waals surface area contributed by atoms with E-state index in [1.54, 1.807) is 16.8 Å². The van der Waals surface area contributed by atoms with Crippen molar-refractivity contribution in [1.82, 2.24) is 9.80 Å². The van der Waals surface area contributed by atoms with Gasteiger partial charge in [-0.1, -0.05) is 25.6 Å². The van der Waals surface area contributed by atoms with Crippen LogP contribution in [0.4, 0.5) is 0 Å². The molecule has 1 saturated heterocycles. The van der Waals surface area contributed by atoms with Crippen molar-refractivity contribution in [2.75, 3.05) is 26.7 Å². The van der Waals surface area contributed by atoms with Gasteiger partial charge in [-0.2, -0.15) is 0 Å². The predicted molar refractivity (Wildman–Crippen MR) is 69.4 cm³/mol. The Morgan fingerprint density at radius 2 is 2.18 bits per heavy atom. The van der Waals surface area contributed by atoms with E-state index in [4.69, 9.17) is 18.0 Å². The zero-order valence-corrected chi connectivity index (χ0v) is 11.1. The summed E-state index contributed by atoms with van der Waals surface area (Å²) in [7, 11) is 1.74. The Bertz CT molecular complexity index is 333. The van der Waals surface area contributed by atoms with E-state index in [0.717, 1.165) is 6.42 Å². The standard InChI is InChI=1S/C11H19N3O2S/c1-3-4-8(10(12)17)11(16)14-6-5-13(2)9(15)7-14/h8H,3-7H2,1-2H3,(H2,12,17). The lowest BCUT2D eigenvalue weighted by Crippen LogP contribution is -2.53. The van der Waals surface area contributed by atoms with Gasteiger partial charge in [-0.15, -0.1) is 0 Å². The summed E-state index contributed by atoms with van der Waals surface area (Å²) in [5.41, 5.74) is 5.58. The molecule has 6 heteroatoms. The fraction of sp³-hybridized carbons (Fsp3) is 0.727. The highest BCUT2D eigenvalue weighted by Gasteiger charge is 2.30. The molecule has 5 nitrogen and oxygen atoms in total. The lowest BCUT2D eigenvalue weighted by atomic mass is 10.0. The fourth-order valence-corrected chi connectivity index (χ4v) is 2.06. The molecule has 0 spiro atoms. The molecule has 1 aliphatic heterocycles. The van der Waals surface area contributed by atoms with Crippen LogP contribution in [0.2, 0.25) is 0 Å². The second kappa shape index (κ2) is 5.95. The smallest absolute Gasteiger partial charge is 0.241 e. The van der Waals surface area contributed by atoms with Gasteiger partial charge in [-0.3, -0.25) is 9.59 Å². The van der Waals surface area contributed by atoms with Crippen LogP contribution in [0, 0.1) is 5.92 Å². The topological polar surface area (TPSA) is 66.6 Å². The van der Waals surface area contributed by atoms with Gasteiger partial charge in [0.25, 0.3) is 0 Å². The zero-order valence-electron chi connectivity index (χ0n) is 10.3. The van der Waals surface area contributed by atoms with E-state index in [0.29, 0.717) is 19.5 Å². The van der Waals surface area contributed by atoms with E-state index >= 15 is 0 Å². The normalized spacial score (nSPS) is 18.1. The molecular weight excluding hydrogens is 238 g/mol. The van der Waals surface area contributed by atoms with Gasteiger partial charge in [-0.25, -0.2) is 0 Å². The minimum absolute atomic E-state index is 0.0391. The molecule has 2 N–H and O–H groups in total. The number of carbonyl (C=O) groups is 2. The Morgan fingerprint density at radius 1 is 1.53 bits per heavy atom. The molecule has 0 aromatic rings. The molecule has 1 atom stereocenters. The number of thiocarbonyl (C=S) groups is 1. The number of rotatable bonds is 4. The van der Waals surface area contributed by atoms with Crippen LogP contribution in [0.25, 0.3) is 0 Å². The number of hydrogen-bond acceptors (Lipinski definition) is 3. The van der Waals surface area contributed by atoms with Crippen LogP contribution in [0.15, 0.2) is 0 Å². The van der Waals surface area contributed by atoms with Gasteiger partial charge < -0.3 is 15.5 Å². The van der Waals surface area contributed by atoms with Crippen molar-refractivity contribution in [3.8, 4) is 0 Å². The maximum atomic E-state index is 12.2. The van der Waals surface area contributed by atoms with E-state index in [1.165, 1.54) is 0 Å². The lowest BCUT2D eigenvalue weighted by Gasteiger charge is -2.33. The molecule has 96 valence electrons. The first-order chi connectivity index (χ1) is 7.97. The molecule has 0 aromatic heterocycles. The molecule has 1 rings (SSSR count). The molecule has 2 amide bonds. The molecule has 1 unspecified atom stereocenters. The predicted octanol–water partition coefficient (Wildman–Crippen LogP) is -0.0106. The summed E-state index contributed by atoms with van der Waals surface area (Å²) in [5.74, 6) is -0.574. The average molecular weight is 257 g/mol. The third-order valence-electron chi connectivity index (χ3n) is 2.99. The van der Waals surface area contributed by atoms with Crippen LogP contribution in [0.1, 0.15) is 19.8 Å². The maximum Gasteiger partial charge on any atom is 0.241 e. The third kappa shape index (κ3) is 3.39. The van der Waals surface area contributed by atoms with E-state index in [9.17, 15) is 9.59 Å². The Kier molecular flexibility index (Phi) is 4.86. The van der Waals surface area contributed by atoms with Gasteiger partial charge in [0.1, 0.15) is 0 Å². The molecule has 0 aromatic carbocycles. The highest BCUT2D eigenvalue weighted by atomic mass is 32.1. The highest BCUT2D eigenvalue weighted by molar-refractivity contribution is 7.80.